The van der Waals surface area contributed by atoms with Crippen molar-refractivity contribution in [2.45, 2.75) is 19.4 Å². The molecule has 0 aliphatic carbocycles. The molecule has 3 rings (SSSR count). The summed E-state index contributed by atoms with van der Waals surface area (Å²) in [6, 6.07) is 20.6. The monoisotopic (exact) mass is 393 g/mol. The summed E-state index contributed by atoms with van der Waals surface area (Å²) in [5.74, 6) is 1.12. The molecule has 4 nitrogen and oxygen atoms in total. The lowest BCUT2D eigenvalue weighted by Crippen LogP contribution is -2.16. The third-order valence-electron chi connectivity index (χ3n) is 4.58. The van der Waals surface area contributed by atoms with E-state index in [1.807, 2.05) is 55.5 Å². The van der Waals surface area contributed by atoms with Crippen molar-refractivity contribution < 1.29 is 18.7 Å². The molecule has 0 aliphatic heterocycles. The van der Waals surface area contributed by atoms with E-state index >= 15 is 0 Å². The van der Waals surface area contributed by atoms with E-state index in [1.54, 1.807) is 7.11 Å². The number of ether oxygens (including phenoxy) is 2. The molecule has 0 fully saturated rings. The molecule has 0 radical (unpaired) electrons. The third-order valence-corrected chi connectivity index (χ3v) is 4.58. The largest absolute Gasteiger partial charge is 0.497 e. The van der Waals surface area contributed by atoms with E-state index in [0.29, 0.717) is 12.2 Å². The SMILES string of the molecule is CCOc1ccc(C(CC(=O)c2ccc(F)cc2)Nc2ccc(OC)cc2)cc1. The zero-order valence-electron chi connectivity index (χ0n) is 16.5. The fourth-order valence-corrected chi connectivity index (χ4v) is 3.04. The van der Waals surface area contributed by atoms with Crippen LogP contribution in [0.2, 0.25) is 0 Å². The minimum atomic E-state index is -0.360. The van der Waals surface area contributed by atoms with Gasteiger partial charge in [-0.05, 0) is 73.2 Å². The number of halogens is 1. The molecule has 1 atom stereocenters. The number of anilines is 1. The van der Waals surface area contributed by atoms with Crippen LogP contribution in [-0.2, 0) is 0 Å². The lowest BCUT2D eigenvalue weighted by atomic mass is 9.97. The van der Waals surface area contributed by atoms with Crippen molar-refractivity contribution in [3.63, 3.8) is 0 Å². The Hall–Kier alpha value is -3.34. The van der Waals surface area contributed by atoms with Gasteiger partial charge >= 0.3 is 0 Å². The molecular weight excluding hydrogens is 369 g/mol. The van der Waals surface area contributed by atoms with E-state index in [0.717, 1.165) is 22.7 Å². The van der Waals surface area contributed by atoms with Gasteiger partial charge in [-0.1, -0.05) is 12.1 Å². The van der Waals surface area contributed by atoms with Crippen LogP contribution in [0.15, 0.2) is 72.8 Å². The first-order valence-corrected chi connectivity index (χ1v) is 9.51. The van der Waals surface area contributed by atoms with E-state index < -0.39 is 0 Å². The summed E-state index contributed by atoms with van der Waals surface area (Å²) in [5, 5.41) is 3.42. The fourth-order valence-electron chi connectivity index (χ4n) is 3.04. The Morgan fingerprint density at radius 1 is 0.931 bits per heavy atom. The Kier molecular flexibility index (Phi) is 6.85. The van der Waals surface area contributed by atoms with Gasteiger partial charge in [0.25, 0.3) is 0 Å². The topological polar surface area (TPSA) is 47.6 Å². The zero-order valence-corrected chi connectivity index (χ0v) is 16.5. The van der Waals surface area contributed by atoms with E-state index in [2.05, 4.69) is 5.32 Å². The standard InChI is InChI=1S/C24H24FNO3/c1-3-29-22-12-6-17(7-13-22)23(26-20-10-14-21(28-2)15-11-20)16-24(27)18-4-8-19(25)9-5-18/h4-15,23,26H,3,16H2,1-2H3. The van der Waals surface area contributed by atoms with Crippen molar-refractivity contribution in [1.82, 2.24) is 0 Å². The number of carbonyl (C=O) groups is 1. The number of carbonyl (C=O) groups excluding carboxylic acids is 1. The predicted molar refractivity (Wildman–Crippen MR) is 112 cm³/mol. The van der Waals surface area contributed by atoms with Gasteiger partial charge in [-0.3, -0.25) is 4.79 Å². The van der Waals surface area contributed by atoms with Gasteiger partial charge in [0.15, 0.2) is 5.78 Å². The maximum atomic E-state index is 13.2. The number of rotatable bonds is 9. The molecule has 0 aliphatic rings. The summed E-state index contributed by atoms with van der Waals surface area (Å²) in [6.45, 7) is 2.53. The van der Waals surface area contributed by atoms with Crippen molar-refractivity contribution in [2.24, 2.45) is 0 Å². The molecule has 0 amide bonds. The van der Waals surface area contributed by atoms with Crippen LogP contribution in [0.5, 0.6) is 11.5 Å². The minimum Gasteiger partial charge on any atom is -0.497 e. The molecule has 0 aromatic heterocycles. The Morgan fingerprint density at radius 2 is 1.55 bits per heavy atom. The number of methoxy groups -OCH3 is 1. The van der Waals surface area contributed by atoms with Crippen LogP contribution < -0.4 is 14.8 Å². The summed E-state index contributed by atoms with van der Waals surface area (Å²) < 4.78 is 23.9. The second kappa shape index (κ2) is 9.73. The van der Waals surface area contributed by atoms with E-state index in [9.17, 15) is 9.18 Å². The van der Waals surface area contributed by atoms with Crippen LogP contribution in [0, 0.1) is 5.82 Å². The van der Waals surface area contributed by atoms with Crippen molar-refractivity contribution >= 4 is 11.5 Å². The van der Waals surface area contributed by atoms with Crippen molar-refractivity contribution in [3.05, 3.63) is 89.7 Å². The number of benzene rings is 3. The molecule has 1 N–H and O–H groups in total. The lowest BCUT2D eigenvalue weighted by molar-refractivity contribution is 0.0976. The maximum Gasteiger partial charge on any atom is 0.165 e. The average molecular weight is 393 g/mol. The second-order valence-electron chi connectivity index (χ2n) is 6.56. The fraction of sp³-hybridized carbons (Fsp3) is 0.208. The first kappa shape index (κ1) is 20.4. The number of nitrogens with one attached hydrogen (secondary N) is 1. The van der Waals surface area contributed by atoms with Gasteiger partial charge in [0, 0.05) is 17.7 Å². The van der Waals surface area contributed by atoms with Gasteiger partial charge in [-0.2, -0.15) is 0 Å². The summed E-state index contributed by atoms with van der Waals surface area (Å²) in [6.07, 6.45) is 0.228. The number of hydrogen-bond donors (Lipinski definition) is 1. The molecule has 150 valence electrons. The highest BCUT2D eigenvalue weighted by Crippen LogP contribution is 2.27. The summed E-state index contributed by atoms with van der Waals surface area (Å²) >= 11 is 0. The van der Waals surface area contributed by atoms with Gasteiger partial charge in [-0.25, -0.2) is 4.39 Å². The normalized spacial score (nSPS) is 11.6. The van der Waals surface area contributed by atoms with Crippen LogP contribution >= 0.6 is 0 Å². The van der Waals surface area contributed by atoms with Crippen LogP contribution in [0.1, 0.15) is 35.3 Å². The molecule has 0 spiro atoms. The average Bonchev–Trinajstić information content (AvgIpc) is 2.75. The van der Waals surface area contributed by atoms with Crippen molar-refractivity contribution in [1.29, 1.82) is 0 Å². The van der Waals surface area contributed by atoms with Gasteiger partial charge < -0.3 is 14.8 Å². The molecule has 29 heavy (non-hydrogen) atoms. The van der Waals surface area contributed by atoms with Crippen LogP contribution in [0.3, 0.4) is 0 Å². The molecule has 3 aromatic carbocycles. The molecule has 0 heterocycles. The smallest absolute Gasteiger partial charge is 0.165 e. The zero-order chi connectivity index (χ0) is 20.6. The molecule has 1 unspecified atom stereocenters. The predicted octanol–water partition coefficient (Wildman–Crippen LogP) is 5.66. The molecule has 3 aromatic rings. The lowest BCUT2D eigenvalue weighted by Gasteiger charge is -2.21. The molecular formula is C24H24FNO3. The number of ketones is 1. The summed E-state index contributed by atoms with van der Waals surface area (Å²) in [4.78, 5) is 12.8. The second-order valence-corrected chi connectivity index (χ2v) is 6.56. The van der Waals surface area contributed by atoms with Gasteiger partial charge in [0.1, 0.15) is 17.3 Å². The maximum absolute atomic E-state index is 13.2. The highest BCUT2D eigenvalue weighted by Gasteiger charge is 2.18. The summed E-state index contributed by atoms with van der Waals surface area (Å²) in [5.41, 5.74) is 2.31. The van der Waals surface area contributed by atoms with E-state index in [4.69, 9.17) is 9.47 Å². The quantitative estimate of drug-likeness (QED) is 0.477. The Bertz CT molecular complexity index is 922. The first-order valence-electron chi connectivity index (χ1n) is 9.51. The van der Waals surface area contributed by atoms with E-state index in [1.165, 1.54) is 24.3 Å². The minimum absolute atomic E-state index is 0.0649. The van der Waals surface area contributed by atoms with Crippen LogP contribution in [0.4, 0.5) is 10.1 Å². The van der Waals surface area contributed by atoms with Crippen LogP contribution in [-0.4, -0.2) is 19.5 Å². The third kappa shape index (κ3) is 5.57. The molecule has 0 saturated heterocycles. The first-order chi connectivity index (χ1) is 14.1. The Balaban J connectivity index is 1.83. The molecule has 5 heteroatoms. The Labute approximate surface area is 170 Å². The Morgan fingerprint density at radius 3 is 2.14 bits per heavy atom. The van der Waals surface area contributed by atoms with Crippen molar-refractivity contribution in [2.75, 3.05) is 19.0 Å². The van der Waals surface area contributed by atoms with Gasteiger partial charge in [0.2, 0.25) is 0 Å². The molecule has 0 bridgehead atoms. The number of Topliss-reactive ketones (excluding diaryl/α,β-unsaturated/α-hetero) is 1. The van der Waals surface area contributed by atoms with Gasteiger partial charge in [0.05, 0.1) is 19.8 Å². The van der Waals surface area contributed by atoms with Gasteiger partial charge in [-0.15, -0.1) is 0 Å². The molecule has 0 saturated carbocycles. The highest BCUT2D eigenvalue weighted by molar-refractivity contribution is 5.96. The highest BCUT2D eigenvalue weighted by atomic mass is 19.1. The van der Waals surface area contributed by atoms with E-state index in [-0.39, 0.29) is 24.1 Å². The van der Waals surface area contributed by atoms with Crippen LogP contribution in [0.25, 0.3) is 0 Å². The van der Waals surface area contributed by atoms with Crippen molar-refractivity contribution in [3.8, 4) is 11.5 Å². The summed E-state index contributed by atoms with van der Waals surface area (Å²) in [7, 11) is 1.62. The number of hydrogen-bond acceptors (Lipinski definition) is 4.